The Morgan fingerprint density at radius 2 is 1.40 bits per heavy atom. The summed E-state index contributed by atoms with van der Waals surface area (Å²) in [5.41, 5.74) is 36.9. The molecule has 17 N–H and O–H groups in total. The van der Waals surface area contributed by atoms with Crippen molar-refractivity contribution in [1.29, 1.82) is 0 Å². The Hall–Kier alpha value is -0.330. The zero-order chi connectivity index (χ0) is 31.6. The van der Waals surface area contributed by atoms with Crippen LogP contribution in [-0.2, 0) is 28.4 Å². The van der Waals surface area contributed by atoms with Crippen molar-refractivity contribution in [3.8, 4) is 0 Å². The molecule has 0 aromatic rings. The number of thioether (sulfide) groups is 1. The smallest absolute Gasteiger partial charge is 0.187 e. The summed E-state index contributed by atoms with van der Waals surface area (Å²) in [4.78, 5) is 0. The third kappa shape index (κ3) is 7.80. The Bertz CT molecular complexity index is 875. The summed E-state index contributed by atoms with van der Waals surface area (Å²) in [6, 6.07) is -3.41. The predicted molar refractivity (Wildman–Crippen MR) is 153 cm³/mol. The third-order valence-corrected chi connectivity index (χ3v) is 9.39. The third-order valence-electron chi connectivity index (χ3n) is 8.67. The Balaban J connectivity index is 1.47. The van der Waals surface area contributed by atoms with Crippen LogP contribution in [0.3, 0.4) is 0 Å². The molecule has 3 aliphatic heterocycles. The van der Waals surface area contributed by atoms with Crippen LogP contribution in [0.15, 0.2) is 0 Å². The fourth-order valence-corrected chi connectivity index (χ4v) is 6.65. The summed E-state index contributed by atoms with van der Waals surface area (Å²) in [7, 11) is 0. The highest BCUT2D eigenvalue weighted by atomic mass is 32.2. The molecule has 0 radical (unpaired) electrons. The Morgan fingerprint density at radius 1 is 0.744 bits per heavy atom. The molecule has 0 aromatic heterocycles. The van der Waals surface area contributed by atoms with Crippen LogP contribution >= 0.6 is 11.8 Å². The molecule has 43 heavy (non-hydrogen) atoms. The molecule has 4 aliphatic rings. The van der Waals surface area contributed by atoms with E-state index in [-0.39, 0.29) is 25.1 Å². The molecule has 3 saturated heterocycles. The van der Waals surface area contributed by atoms with Gasteiger partial charge in [-0.25, -0.2) is 0 Å². The summed E-state index contributed by atoms with van der Waals surface area (Å²) in [5.74, 6) is 0.685. The van der Waals surface area contributed by atoms with Crippen LogP contribution in [0.25, 0.3) is 0 Å². The van der Waals surface area contributed by atoms with Crippen LogP contribution in [0.4, 0.5) is 0 Å². The number of aliphatic hydroxyl groups is 5. The molecule has 0 amide bonds. The first-order valence-electron chi connectivity index (χ1n) is 14.6. The maximum atomic E-state index is 11.2. The average Bonchev–Trinajstić information content (AvgIpc) is 3.28. The molecule has 4 rings (SSSR count). The first kappa shape index (κ1) is 35.5. The summed E-state index contributed by atoms with van der Waals surface area (Å²) in [5, 5.41) is 52.7. The second-order valence-corrected chi connectivity index (χ2v) is 12.7. The lowest BCUT2D eigenvalue weighted by molar-refractivity contribution is -0.290. The number of hydrogen-bond donors (Lipinski definition) is 11. The molecular weight excluding hydrogens is 592 g/mol. The topological polar surface area (TPSA) is 313 Å². The average molecular weight is 643 g/mol. The SMILES string of the molecule is CSCC(N)C1CCC(N)C(OC2C(N)CC(N)C(O)C2OC2OC(CO)C(OC3OC(CN)C(O)C(O)C3N)C2O)O1. The highest BCUT2D eigenvalue weighted by molar-refractivity contribution is 7.98. The van der Waals surface area contributed by atoms with Crippen LogP contribution in [0.1, 0.15) is 19.3 Å². The normalized spacial score (nSPS) is 50.1. The quantitative estimate of drug-likeness (QED) is 0.0998. The first-order valence-corrected chi connectivity index (χ1v) is 16.0. The van der Waals surface area contributed by atoms with Gasteiger partial charge in [0, 0.05) is 30.4 Å². The number of nitrogens with two attached hydrogens (primary N) is 6. The van der Waals surface area contributed by atoms with Gasteiger partial charge in [0.05, 0.1) is 30.9 Å². The van der Waals surface area contributed by atoms with Gasteiger partial charge in [-0.05, 0) is 25.5 Å². The summed E-state index contributed by atoms with van der Waals surface area (Å²) in [6.45, 7) is -0.729. The van der Waals surface area contributed by atoms with Crippen LogP contribution in [0, 0.1) is 0 Å². The van der Waals surface area contributed by atoms with E-state index in [0.717, 1.165) is 0 Å². The molecule has 1 aliphatic carbocycles. The van der Waals surface area contributed by atoms with E-state index in [1.807, 2.05) is 6.26 Å². The van der Waals surface area contributed by atoms with E-state index >= 15 is 0 Å². The monoisotopic (exact) mass is 642 g/mol. The second-order valence-electron chi connectivity index (χ2n) is 11.8. The Morgan fingerprint density at radius 3 is 2.05 bits per heavy atom. The maximum Gasteiger partial charge on any atom is 0.187 e. The van der Waals surface area contributed by atoms with E-state index < -0.39 is 105 Å². The lowest BCUT2D eigenvalue weighted by atomic mass is 9.84. The highest BCUT2D eigenvalue weighted by Gasteiger charge is 2.53. The number of rotatable bonds is 11. The minimum absolute atomic E-state index is 0.135. The van der Waals surface area contributed by atoms with E-state index in [4.69, 9.17) is 62.8 Å². The molecule has 0 aromatic carbocycles. The molecule has 0 bridgehead atoms. The van der Waals surface area contributed by atoms with Gasteiger partial charge >= 0.3 is 0 Å². The van der Waals surface area contributed by atoms with Gasteiger partial charge in [-0.2, -0.15) is 11.8 Å². The number of hydrogen-bond acceptors (Lipinski definition) is 18. The molecule has 18 atom stereocenters. The fourth-order valence-electron chi connectivity index (χ4n) is 6.05. The van der Waals surface area contributed by atoms with Crippen molar-refractivity contribution in [2.24, 2.45) is 34.4 Å². The first-order chi connectivity index (χ1) is 20.4. The van der Waals surface area contributed by atoms with Gasteiger partial charge in [0.2, 0.25) is 0 Å². The van der Waals surface area contributed by atoms with E-state index in [0.29, 0.717) is 18.6 Å². The standard InChI is InChI=1S/C25H50N6O11S/c1-43-7-11(30)12-3-2-8(27)23(37-12)40-20-10(29)4-9(28)16(33)22(20)42-25-19(36)21(14(6-32)39-25)41-24-15(31)18(35)17(34)13(5-26)38-24/h8-25,32-36H,2-7,26-31H2,1H3. The molecule has 18 heteroatoms. The molecule has 252 valence electrons. The zero-order valence-electron chi connectivity index (χ0n) is 24.2. The molecule has 4 fully saturated rings. The molecule has 3 heterocycles. The lowest BCUT2D eigenvalue weighted by Crippen LogP contribution is -2.65. The minimum atomic E-state index is -1.53. The Labute approximate surface area is 254 Å². The van der Waals surface area contributed by atoms with Gasteiger partial charge < -0.3 is 88.4 Å². The maximum absolute atomic E-state index is 11.2. The van der Waals surface area contributed by atoms with Crippen LogP contribution < -0.4 is 34.4 Å². The van der Waals surface area contributed by atoms with Gasteiger partial charge in [-0.1, -0.05) is 0 Å². The second kappa shape index (κ2) is 15.5. The van der Waals surface area contributed by atoms with Crippen molar-refractivity contribution >= 4 is 11.8 Å². The minimum Gasteiger partial charge on any atom is -0.394 e. The van der Waals surface area contributed by atoms with Gasteiger partial charge in [-0.15, -0.1) is 0 Å². The lowest BCUT2D eigenvalue weighted by Gasteiger charge is -2.46. The van der Waals surface area contributed by atoms with Gasteiger partial charge in [0.25, 0.3) is 0 Å². The highest BCUT2D eigenvalue weighted by Crippen LogP contribution is 2.34. The van der Waals surface area contributed by atoms with Gasteiger partial charge in [0.15, 0.2) is 18.9 Å². The summed E-state index contributed by atoms with van der Waals surface area (Å²) < 4.78 is 35.7. The van der Waals surface area contributed by atoms with E-state index in [9.17, 15) is 25.5 Å². The van der Waals surface area contributed by atoms with Gasteiger partial charge in [-0.3, -0.25) is 0 Å². The van der Waals surface area contributed by atoms with Crippen molar-refractivity contribution in [2.75, 3.05) is 25.2 Å². The van der Waals surface area contributed by atoms with Crippen molar-refractivity contribution in [1.82, 2.24) is 0 Å². The van der Waals surface area contributed by atoms with Crippen molar-refractivity contribution in [3.63, 3.8) is 0 Å². The van der Waals surface area contributed by atoms with Crippen LogP contribution in [-0.4, -0.2) is 161 Å². The fraction of sp³-hybridized carbons (Fsp3) is 1.00. The number of aliphatic hydroxyl groups excluding tert-OH is 5. The van der Waals surface area contributed by atoms with Crippen molar-refractivity contribution in [3.05, 3.63) is 0 Å². The van der Waals surface area contributed by atoms with Crippen molar-refractivity contribution in [2.45, 2.75) is 129 Å². The van der Waals surface area contributed by atoms with Crippen molar-refractivity contribution < 1.29 is 54.0 Å². The van der Waals surface area contributed by atoms with Gasteiger partial charge in [0.1, 0.15) is 48.8 Å². The molecule has 0 spiro atoms. The van der Waals surface area contributed by atoms with Crippen LogP contribution in [0.5, 0.6) is 0 Å². The summed E-state index contributed by atoms with van der Waals surface area (Å²) >= 11 is 1.60. The Kier molecular flexibility index (Phi) is 12.8. The molecular formula is C25H50N6O11S. The molecule has 17 nitrogen and oxygen atoms in total. The van der Waals surface area contributed by atoms with Crippen LogP contribution in [0.2, 0.25) is 0 Å². The molecule has 18 unspecified atom stereocenters. The van der Waals surface area contributed by atoms with E-state index in [1.165, 1.54) is 0 Å². The largest absolute Gasteiger partial charge is 0.394 e. The number of ether oxygens (including phenoxy) is 6. The zero-order valence-corrected chi connectivity index (χ0v) is 25.0. The van der Waals surface area contributed by atoms with E-state index in [1.54, 1.807) is 11.8 Å². The predicted octanol–water partition coefficient (Wildman–Crippen LogP) is -6.11. The molecule has 1 saturated carbocycles. The van der Waals surface area contributed by atoms with E-state index in [2.05, 4.69) is 0 Å². The summed E-state index contributed by atoms with van der Waals surface area (Å²) in [6.07, 6.45) is -11.6.